The molecule has 0 saturated carbocycles. The van der Waals surface area contributed by atoms with Crippen molar-refractivity contribution in [2.75, 3.05) is 0 Å². The van der Waals surface area contributed by atoms with Gasteiger partial charge >= 0.3 is 0 Å². The Bertz CT molecular complexity index is 956. The second kappa shape index (κ2) is 9.79. The maximum atomic E-state index is 12.6. The molecule has 2 rings (SSSR count). The Morgan fingerprint density at radius 1 is 1.10 bits per heavy atom. The number of carboxylic acids is 1. The molecule has 9 nitrogen and oxygen atoms in total. The van der Waals surface area contributed by atoms with Gasteiger partial charge in [0, 0.05) is 17.7 Å². The number of amides is 2. The molecule has 0 unspecified atom stereocenters. The van der Waals surface area contributed by atoms with Gasteiger partial charge in [-0.1, -0.05) is 37.3 Å². The molecule has 0 radical (unpaired) electrons. The lowest BCUT2D eigenvalue weighted by Crippen LogP contribution is -2.49. The minimum atomic E-state index is -1.47. The number of nitro benzene ring substituents is 1. The lowest BCUT2D eigenvalue weighted by molar-refractivity contribution is -0.384. The van der Waals surface area contributed by atoms with Crippen molar-refractivity contribution in [2.45, 2.75) is 19.4 Å². The van der Waals surface area contributed by atoms with Gasteiger partial charge in [0.05, 0.1) is 16.9 Å². The Labute approximate surface area is 166 Å². The van der Waals surface area contributed by atoms with Crippen molar-refractivity contribution in [3.63, 3.8) is 0 Å². The molecule has 1 atom stereocenters. The Morgan fingerprint density at radius 3 is 2.38 bits per heavy atom. The first-order valence-corrected chi connectivity index (χ1v) is 8.66. The van der Waals surface area contributed by atoms with Gasteiger partial charge in [-0.05, 0) is 30.2 Å². The third-order valence-electron chi connectivity index (χ3n) is 3.92. The van der Waals surface area contributed by atoms with Crippen molar-refractivity contribution in [3.8, 4) is 0 Å². The van der Waals surface area contributed by atoms with Crippen LogP contribution in [0.25, 0.3) is 6.08 Å². The number of carbonyl (C=O) groups is 3. The summed E-state index contributed by atoms with van der Waals surface area (Å²) in [5.74, 6) is -2.93. The molecule has 9 heteroatoms. The van der Waals surface area contributed by atoms with Gasteiger partial charge in [0.1, 0.15) is 5.70 Å². The predicted molar refractivity (Wildman–Crippen MR) is 102 cm³/mol. The summed E-state index contributed by atoms with van der Waals surface area (Å²) in [4.78, 5) is 46.5. The van der Waals surface area contributed by atoms with Crippen LogP contribution in [0.5, 0.6) is 0 Å². The van der Waals surface area contributed by atoms with E-state index in [-0.39, 0.29) is 28.9 Å². The van der Waals surface area contributed by atoms with Gasteiger partial charge in [0.15, 0.2) is 0 Å². The number of carboxylic acid groups (broad SMARTS) is 1. The minimum absolute atomic E-state index is 0.0742. The van der Waals surface area contributed by atoms with Gasteiger partial charge in [-0.3, -0.25) is 19.7 Å². The second-order valence-corrected chi connectivity index (χ2v) is 5.98. The van der Waals surface area contributed by atoms with Crippen LogP contribution in [-0.2, 0) is 9.59 Å². The van der Waals surface area contributed by atoms with Crippen LogP contribution in [0, 0.1) is 10.1 Å². The van der Waals surface area contributed by atoms with Gasteiger partial charge in [-0.25, -0.2) is 0 Å². The van der Waals surface area contributed by atoms with Crippen molar-refractivity contribution in [3.05, 3.63) is 81.5 Å². The Morgan fingerprint density at radius 2 is 1.79 bits per heavy atom. The summed E-state index contributed by atoms with van der Waals surface area (Å²) in [6.45, 7) is 1.55. The van der Waals surface area contributed by atoms with Gasteiger partial charge in [-0.2, -0.15) is 0 Å². The number of aliphatic carboxylic acids is 1. The number of rotatable bonds is 8. The Hall–Kier alpha value is -4.01. The standard InChI is InChI=1S/C20H19N3O6/c1-2-16(20(26)27)21-19(25)17(22-18(24)14-8-4-3-5-9-14)12-13-7-6-10-15(11-13)23(28)29/h3-12,16H,2H2,1H3,(H,21,25)(H,22,24)(H,26,27)/p-1/b17-12-/t16-/m1/s1. The molecule has 29 heavy (non-hydrogen) atoms. The summed E-state index contributed by atoms with van der Waals surface area (Å²) >= 11 is 0. The molecule has 0 heterocycles. The first-order chi connectivity index (χ1) is 13.8. The molecule has 0 aliphatic heterocycles. The molecule has 0 saturated heterocycles. The normalized spacial score (nSPS) is 12.0. The van der Waals surface area contributed by atoms with Gasteiger partial charge in [-0.15, -0.1) is 0 Å². The van der Waals surface area contributed by atoms with Crippen LogP contribution in [0.4, 0.5) is 5.69 Å². The fourth-order valence-electron chi connectivity index (χ4n) is 2.40. The van der Waals surface area contributed by atoms with Gasteiger partial charge in [0.25, 0.3) is 17.5 Å². The molecule has 0 aromatic heterocycles. The molecule has 0 aliphatic carbocycles. The molecular weight excluding hydrogens is 378 g/mol. The highest BCUT2D eigenvalue weighted by atomic mass is 16.6. The van der Waals surface area contributed by atoms with E-state index in [0.717, 1.165) is 0 Å². The van der Waals surface area contributed by atoms with E-state index in [1.165, 1.54) is 42.5 Å². The predicted octanol–water partition coefficient (Wildman–Crippen LogP) is 1.01. The fraction of sp³-hybridized carbons (Fsp3) is 0.150. The van der Waals surface area contributed by atoms with E-state index in [4.69, 9.17) is 0 Å². The summed E-state index contributed by atoms with van der Waals surface area (Å²) in [6, 6.07) is 12.2. The highest BCUT2D eigenvalue weighted by Gasteiger charge is 2.18. The molecule has 2 aromatic carbocycles. The van der Waals surface area contributed by atoms with E-state index in [2.05, 4.69) is 10.6 Å². The van der Waals surface area contributed by atoms with Crippen LogP contribution < -0.4 is 15.7 Å². The number of nitrogens with one attached hydrogen (secondary N) is 2. The van der Waals surface area contributed by atoms with Crippen LogP contribution >= 0.6 is 0 Å². The summed E-state index contributed by atoms with van der Waals surface area (Å²) in [7, 11) is 0. The monoisotopic (exact) mass is 396 g/mol. The van der Waals surface area contributed by atoms with Gasteiger partial charge < -0.3 is 20.5 Å². The second-order valence-electron chi connectivity index (χ2n) is 5.98. The van der Waals surface area contributed by atoms with E-state index < -0.39 is 28.7 Å². The number of hydrogen-bond donors (Lipinski definition) is 2. The zero-order valence-electron chi connectivity index (χ0n) is 15.5. The quantitative estimate of drug-likeness (QED) is 0.387. The topological polar surface area (TPSA) is 141 Å². The summed E-state index contributed by atoms with van der Waals surface area (Å²) in [6.07, 6.45) is 1.30. The minimum Gasteiger partial charge on any atom is -0.548 e. The molecule has 0 fully saturated rings. The highest BCUT2D eigenvalue weighted by molar-refractivity contribution is 6.06. The number of non-ortho nitro benzene ring substituents is 1. The summed E-state index contributed by atoms with van der Waals surface area (Å²) in [5.41, 5.74) is 0.0875. The van der Waals surface area contributed by atoms with Crippen molar-refractivity contribution in [1.82, 2.24) is 10.6 Å². The number of benzene rings is 2. The van der Waals surface area contributed by atoms with Crippen LogP contribution in [0.3, 0.4) is 0 Å². The molecular formula is C20H18N3O6-. The Kier molecular flexibility index (Phi) is 7.19. The largest absolute Gasteiger partial charge is 0.548 e. The van der Waals surface area contributed by atoms with Crippen molar-refractivity contribution >= 4 is 29.5 Å². The van der Waals surface area contributed by atoms with Crippen LogP contribution in [0.1, 0.15) is 29.3 Å². The van der Waals surface area contributed by atoms with E-state index in [1.54, 1.807) is 25.1 Å². The van der Waals surface area contributed by atoms with E-state index in [0.29, 0.717) is 0 Å². The first kappa shape index (κ1) is 21.3. The molecule has 0 bridgehead atoms. The van der Waals surface area contributed by atoms with E-state index >= 15 is 0 Å². The average Bonchev–Trinajstić information content (AvgIpc) is 2.71. The average molecular weight is 396 g/mol. The van der Waals surface area contributed by atoms with Gasteiger partial charge in [0.2, 0.25) is 0 Å². The maximum absolute atomic E-state index is 12.6. The number of hydrogen-bond acceptors (Lipinski definition) is 6. The molecule has 0 aliphatic rings. The van der Waals surface area contributed by atoms with E-state index in [1.807, 2.05) is 0 Å². The third-order valence-corrected chi connectivity index (χ3v) is 3.92. The third kappa shape index (κ3) is 5.99. The summed E-state index contributed by atoms with van der Waals surface area (Å²) in [5, 5.41) is 26.7. The smallest absolute Gasteiger partial charge is 0.270 e. The zero-order valence-corrected chi connectivity index (χ0v) is 15.5. The highest BCUT2D eigenvalue weighted by Crippen LogP contribution is 2.15. The molecule has 0 spiro atoms. The molecule has 2 N–H and O–H groups in total. The number of nitrogens with zero attached hydrogens (tertiary/aromatic N) is 1. The van der Waals surface area contributed by atoms with Crippen molar-refractivity contribution in [2.24, 2.45) is 0 Å². The van der Waals surface area contributed by atoms with Crippen molar-refractivity contribution in [1.29, 1.82) is 0 Å². The first-order valence-electron chi connectivity index (χ1n) is 8.66. The lowest BCUT2D eigenvalue weighted by atomic mass is 10.1. The maximum Gasteiger partial charge on any atom is 0.270 e. The molecule has 150 valence electrons. The van der Waals surface area contributed by atoms with Crippen LogP contribution in [-0.4, -0.2) is 28.7 Å². The fourth-order valence-corrected chi connectivity index (χ4v) is 2.40. The molecule has 2 aromatic rings. The Balaban J connectivity index is 2.37. The SMILES string of the molecule is CC[C@@H](NC(=O)/C(=C/c1cccc([N+](=O)[O-])c1)NC(=O)c1ccccc1)C(=O)[O-]. The number of carbonyl (C=O) groups excluding carboxylic acids is 3. The lowest BCUT2D eigenvalue weighted by Gasteiger charge is -2.19. The van der Waals surface area contributed by atoms with Crippen LogP contribution in [0.2, 0.25) is 0 Å². The summed E-state index contributed by atoms with van der Waals surface area (Å²) < 4.78 is 0. The van der Waals surface area contributed by atoms with Crippen molar-refractivity contribution < 1.29 is 24.4 Å². The number of nitro groups is 1. The molecule has 2 amide bonds. The zero-order chi connectivity index (χ0) is 21.4. The van der Waals surface area contributed by atoms with E-state index in [9.17, 15) is 29.6 Å². The van der Waals surface area contributed by atoms with Crippen LogP contribution in [0.15, 0.2) is 60.3 Å².